The Morgan fingerprint density at radius 3 is 2.41 bits per heavy atom. The Bertz CT molecular complexity index is 997. The summed E-state index contributed by atoms with van der Waals surface area (Å²) in [6, 6.07) is 14.4. The SMILES string of the molecule is Cc1c[c]([Bi]2[CH2]CC[CH2]2)cc(-c2c3ccc(C(C)C)cc3cc[n+]2C)c1C. The molecule has 2 aromatic carbocycles. The maximum atomic E-state index is 2.58. The van der Waals surface area contributed by atoms with Crippen LogP contribution in [-0.2, 0) is 7.05 Å². The third-order valence-corrected chi connectivity index (χ3v) is 16.7. The van der Waals surface area contributed by atoms with Crippen LogP contribution in [0.15, 0.2) is 42.6 Å². The molecule has 1 nitrogen and oxygen atoms in total. The molecule has 4 rings (SSSR count). The van der Waals surface area contributed by atoms with E-state index in [4.69, 9.17) is 0 Å². The fraction of sp³-hybridized carbons (Fsp3) is 0.400. The summed E-state index contributed by atoms with van der Waals surface area (Å²) in [4.78, 5) is 0. The number of aryl methyl sites for hydroxylation is 2. The van der Waals surface area contributed by atoms with Gasteiger partial charge in [-0.1, -0.05) is 0 Å². The first kappa shape index (κ1) is 19.1. The molecule has 1 saturated heterocycles. The predicted molar refractivity (Wildman–Crippen MR) is 118 cm³/mol. The van der Waals surface area contributed by atoms with E-state index in [0.29, 0.717) is 5.92 Å². The van der Waals surface area contributed by atoms with Crippen LogP contribution in [0, 0.1) is 13.8 Å². The first-order chi connectivity index (χ1) is 13.0. The molecule has 1 aliphatic heterocycles. The Hall–Kier alpha value is -1.27. The van der Waals surface area contributed by atoms with Crippen LogP contribution in [0.3, 0.4) is 0 Å². The van der Waals surface area contributed by atoms with Crippen LogP contribution in [0.4, 0.5) is 0 Å². The second-order valence-corrected chi connectivity index (χ2v) is 18.1. The van der Waals surface area contributed by atoms with Gasteiger partial charge in [-0.15, -0.1) is 0 Å². The molecule has 27 heavy (non-hydrogen) atoms. The molecular weight excluding hydrogens is 523 g/mol. The van der Waals surface area contributed by atoms with E-state index in [1.807, 2.05) is 0 Å². The quantitative estimate of drug-likeness (QED) is 0.295. The molecule has 1 aromatic heterocycles. The molecule has 1 fully saturated rings. The van der Waals surface area contributed by atoms with Crippen molar-refractivity contribution in [3.8, 4) is 11.3 Å². The number of hydrogen-bond donors (Lipinski definition) is 0. The Kier molecular flexibility index (Phi) is 5.39. The molecule has 0 spiro atoms. The van der Waals surface area contributed by atoms with Crippen molar-refractivity contribution in [2.45, 2.75) is 54.7 Å². The Morgan fingerprint density at radius 2 is 1.70 bits per heavy atom. The Morgan fingerprint density at radius 1 is 0.963 bits per heavy atom. The average Bonchev–Trinajstić information content (AvgIpc) is 3.18. The van der Waals surface area contributed by atoms with Crippen molar-refractivity contribution in [3.63, 3.8) is 0 Å². The molecule has 0 N–H and O–H groups in total. The summed E-state index contributed by atoms with van der Waals surface area (Å²) in [5, 5.41) is 2.74. The van der Waals surface area contributed by atoms with E-state index in [2.05, 4.69) is 81.9 Å². The zero-order valence-electron chi connectivity index (χ0n) is 17.3. The van der Waals surface area contributed by atoms with Gasteiger partial charge in [-0.3, -0.25) is 0 Å². The summed E-state index contributed by atoms with van der Waals surface area (Å²) < 4.78 is 7.18. The van der Waals surface area contributed by atoms with Crippen molar-refractivity contribution in [3.05, 3.63) is 59.3 Å². The van der Waals surface area contributed by atoms with Gasteiger partial charge in [0.05, 0.1) is 0 Å². The molecule has 2 heterocycles. The van der Waals surface area contributed by atoms with Gasteiger partial charge in [0.15, 0.2) is 0 Å². The number of pyridine rings is 1. The van der Waals surface area contributed by atoms with Crippen LogP contribution in [0.1, 0.15) is 49.3 Å². The number of nitrogens with zero attached hydrogens (tertiary/aromatic N) is 1. The predicted octanol–water partition coefficient (Wildman–Crippen LogP) is 5.57. The third-order valence-electron chi connectivity index (χ3n) is 6.21. The summed E-state index contributed by atoms with van der Waals surface area (Å²) >= 11 is -1.45. The van der Waals surface area contributed by atoms with Gasteiger partial charge in [0.25, 0.3) is 0 Å². The summed E-state index contributed by atoms with van der Waals surface area (Å²) in [6.45, 7) is 9.16. The molecule has 0 aliphatic carbocycles. The molecule has 0 bridgehead atoms. The molecule has 0 atom stereocenters. The minimum atomic E-state index is -1.45. The van der Waals surface area contributed by atoms with Crippen LogP contribution < -0.4 is 7.84 Å². The Labute approximate surface area is 172 Å². The molecule has 0 saturated carbocycles. The second kappa shape index (κ2) is 7.63. The monoisotopic (exact) mass is 554 g/mol. The van der Waals surface area contributed by atoms with E-state index < -0.39 is 21.8 Å². The Balaban J connectivity index is 1.94. The number of rotatable bonds is 3. The first-order valence-electron chi connectivity index (χ1n) is 10.2. The standard InChI is InChI=1S/C21H23N.C4H8.Bi/c1-14(2)17-9-10-20-18(13-17)11-12-22(5)21(20)19-8-6-7-15(3)16(19)4;1-3-4-2;/h7-14H,1-5H3;1-4H2;/q+1;;. The van der Waals surface area contributed by atoms with Crippen LogP contribution >= 0.6 is 0 Å². The van der Waals surface area contributed by atoms with Crippen molar-refractivity contribution < 1.29 is 4.57 Å². The number of benzene rings is 2. The minimum absolute atomic E-state index is 0.565. The van der Waals surface area contributed by atoms with Crippen molar-refractivity contribution >= 4 is 35.8 Å². The van der Waals surface area contributed by atoms with Gasteiger partial charge in [-0.25, -0.2) is 0 Å². The van der Waals surface area contributed by atoms with Gasteiger partial charge in [0, 0.05) is 0 Å². The van der Waals surface area contributed by atoms with Crippen molar-refractivity contribution in [1.29, 1.82) is 0 Å². The summed E-state index contributed by atoms with van der Waals surface area (Å²) in [7, 11) is 2.20. The van der Waals surface area contributed by atoms with Crippen LogP contribution in [0.5, 0.6) is 0 Å². The normalized spacial score (nSPS) is 15.2. The molecular formula is C25H31BiN+. The van der Waals surface area contributed by atoms with Gasteiger partial charge in [-0.2, -0.15) is 0 Å². The summed E-state index contributed by atoms with van der Waals surface area (Å²) in [5.41, 5.74) is 7.18. The number of fused-ring (bicyclic) bond motifs is 1. The molecule has 0 radical (unpaired) electrons. The number of aromatic nitrogens is 1. The van der Waals surface area contributed by atoms with Gasteiger partial charge >= 0.3 is 173 Å². The van der Waals surface area contributed by atoms with Crippen LogP contribution in [0.25, 0.3) is 22.0 Å². The fourth-order valence-corrected chi connectivity index (χ4v) is 14.6. The van der Waals surface area contributed by atoms with Gasteiger partial charge in [0.2, 0.25) is 0 Å². The topological polar surface area (TPSA) is 3.88 Å². The van der Waals surface area contributed by atoms with Crippen molar-refractivity contribution in [1.82, 2.24) is 0 Å². The van der Waals surface area contributed by atoms with E-state index in [9.17, 15) is 0 Å². The van der Waals surface area contributed by atoms with Crippen molar-refractivity contribution in [2.75, 3.05) is 0 Å². The van der Waals surface area contributed by atoms with Gasteiger partial charge in [0.1, 0.15) is 0 Å². The van der Waals surface area contributed by atoms with Crippen molar-refractivity contribution in [2.24, 2.45) is 7.05 Å². The van der Waals surface area contributed by atoms with Crippen LogP contribution in [-0.4, -0.2) is 21.8 Å². The number of hydrogen-bond acceptors (Lipinski definition) is 0. The molecule has 1 aliphatic rings. The fourth-order valence-electron chi connectivity index (χ4n) is 4.33. The maximum absolute atomic E-state index is 2.58. The van der Waals surface area contributed by atoms with E-state index in [1.54, 1.807) is 11.5 Å². The third kappa shape index (κ3) is 3.58. The zero-order chi connectivity index (χ0) is 19.1. The average molecular weight is 555 g/mol. The van der Waals surface area contributed by atoms with Gasteiger partial charge < -0.3 is 0 Å². The molecule has 2 heteroatoms. The van der Waals surface area contributed by atoms with E-state index >= 15 is 0 Å². The van der Waals surface area contributed by atoms with E-state index in [1.165, 1.54) is 51.6 Å². The summed E-state index contributed by atoms with van der Waals surface area (Å²) in [6.07, 6.45) is 5.18. The molecule has 140 valence electrons. The molecule has 3 aromatic rings. The van der Waals surface area contributed by atoms with E-state index in [-0.39, 0.29) is 0 Å². The molecule has 0 amide bonds. The second-order valence-electron chi connectivity index (χ2n) is 8.41. The van der Waals surface area contributed by atoms with E-state index in [0.717, 1.165) is 0 Å². The van der Waals surface area contributed by atoms with Crippen LogP contribution in [0.2, 0.25) is 8.26 Å². The first-order valence-corrected chi connectivity index (χ1v) is 16.9. The zero-order valence-corrected chi connectivity index (χ0v) is 20.8. The molecule has 0 unspecified atom stereocenters. The van der Waals surface area contributed by atoms with Gasteiger partial charge in [-0.05, 0) is 0 Å². The summed E-state index contributed by atoms with van der Waals surface area (Å²) in [5.74, 6) is 0.565.